The van der Waals surface area contributed by atoms with Crippen molar-refractivity contribution in [2.45, 2.75) is 13.0 Å². The first-order chi connectivity index (χ1) is 7.29. The van der Waals surface area contributed by atoms with Crippen LogP contribution in [0.1, 0.15) is 17.0 Å². The van der Waals surface area contributed by atoms with E-state index in [0.29, 0.717) is 17.7 Å². The zero-order valence-electron chi connectivity index (χ0n) is 8.07. The second-order valence-corrected chi connectivity index (χ2v) is 3.31. The van der Waals surface area contributed by atoms with Gasteiger partial charge >= 0.3 is 0 Å². The van der Waals surface area contributed by atoms with E-state index in [1.165, 1.54) is 6.07 Å². The Labute approximate surface area is 86.6 Å². The second kappa shape index (κ2) is 4.23. The van der Waals surface area contributed by atoms with Crippen LogP contribution in [0.4, 0.5) is 4.39 Å². The van der Waals surface area contributed by atoms with Gasteiger partial charge in [0.15, 0.2) is 0 Å². The van der Waals surface area contributed by atoms with Gasteiger partial charge in [0.25, 0.3) is 0 Å². The molecule has 2 aromatic rings. The number of benzene rings is 1. The first kappa shape index (κ1) is 9.86. The number of nitrogens with zero attached hydrogens (tertiary/aromatic N) is 1. The minimum atomic E-state index is -0.224. The third-order valence-corrected chi connectivity index (χ3v) is 2.18. The topological polar surface area (TPSA) is 48.9 Å². The lowest BCUT2D eigenvalue weighted by Gasteiger charge is -1.99. The van der Waals surface area contributed by atoms with E-state index >= 15 is 0 Å². The second-order valence-electron chi connectivity index (χ2n) is 3.31. The third-order valence-electron chi connectivity index (χ3n) is 2.18. The van der Waals surface area contributed by atoms with Crippen LogP contribution >= 0.6 is 0 Å². The molecule has 0 amide bonds. The Bertz CT molecular complexity index is 453. The summed E-state index contributed by atoms with van der Waals surface area (Å²) in [6.07, 6.45) is 0.458. The van der Waals surface area contributed by atoms with Gasteiger partial charge in [0.1, 0.15) is 5.82 Å². The van der Waals surface area contributed by atoms with Crippen LogP contribution in [0.15, 0.2) is 30.3 Å². The predicted octanol–water partition coefficient (Wildman–Crippen LogP) is 1.63. The molecule has 0 bridgehead atoms. The highest BCUT2D eigenvalue weighted by Gasteiger charge is 2.04. The lowest BCUT2D eigenvalue weighted by atomic mass is 10.1. The molecular weight excluding hydrogens is 195 g/mol. The fourth-order valence-electron chi connectivity index (χ4n) is 1.43. The average Bonchev–Trinajstić information content (AvgIpc) is 2.69. The molecule has 2 rings (SSSR count). The Morgan fingerprint density at radius 2 is 2.13 bits per heavy atom. The van der Waals surface area contributed by atoms with E-state index in [0.717, 1.165) is 5.69 Å². The summed E-state index contributed by atoms with van der Waals surface area (Å²) in [5.41, 5.74) is 1.98. The van der Waals surface area contributed by atoms with Crippen molar-refractivity contribution >= 4 is 0 Å². The number of nitrogens with one attached hydrogen (secondary N) is 1. The summed E-state index contributed by atoms with van der Waals surface area (Å²) in [4.78, 5) is 0. The third kappa shape index (κ3) is 2.22. The summed E-state index contributed by atoms with van der Waals surface area (Å²) < 4.78 is 13.3. The summed E-state index contributed by atoms with van der Waals surface area (Å²) in [6.45, 7) is -0.103. The lowest BCUT2D eigenvalue weighted by molar-refractivity contribution is 0.276. The van der Waals surface area contributed by atoms with Crippen molar-refractivity contribution in [2.24, 2.45) is 0 Å². The monoisotopic (exact) mass is 206 g/mol. The number of H-pyrrole nitrogens is 1. The minimum Gasteiger partial charge on any atom is -0.390 e. The summed E-state index contributed by atoms with van der Waals surface area (Å²) in [7, 11) is 0. The van der Waals surface area contributed by atoms with Gasteiger partial charge in [0, 0.05) is 12.1 Å². The Hall–Kier alpha value is -1.68. The molecule has 15 heavy (non-hydrogen) atoms. The van der Waals surface area contributed by atoms with Gasteiger partial charge in [-0.25, -0.2) is 4.39 Å². The molecule has 78 valence electrons. The molecule has 0 fully saturated rings. The standard InChI is InChI=1S/C11H11FN2O/c12-11-4-2-1-3-8(11)5-9-6-10(7-15)14-13-9/h1-4,6,15H,5,7H2,(H,13,14). The predicted molar refractivity (Wildman–Crippen MR) is 53.7 cm³/mol. The molecule has 2 N–H and O–H groups in total. The molecule has 0 saturated carbocycles. The van der Waals surface area contributed by atoms with Crippen LogP contribution in [0, 0.1) is 5.82 Å². The Balaban J connectivity index is 2.18. The molecule has 0 unspecified atom stereocenters. The van der Waals surface area contributed by atoms with E-state index in [2.05, 4.69) is 10.2 Å². The van der Waals surface area contributed by atoms with Gasteiger partial charge in [0.2, 0.25) is 0 Å². The van der Waals surface area contributed by atoms with Crippen LogP contribution in [0.5, 0.6) is 0 Å². The summed E-state index contributed by atoms with van der Waals surface area (Å²) in [5, 5.41) is 15.4. The maximum atomic E-state index is 13.3. The molecule has 4 heteroatoms. The molecular formula is C11H11FN2O. The molecule has 1 aromatic heterocycles. The van der Waals surface area contributed by atoms with Crippen molar-refractivity contribution in [3.8, 4) is 0 Å². The normalized spacial score (nSPS) is 10.5. The smallest absolute Gasteiger partial charge is 0.126 e. The van der Waals surface area contributed by atoms with Gasteiger partial charge in [-0.05, 0) is 17.7 Å². The van der Waals surface area contributed by atoms with Crippen LogP contribution in [-0.2, 0) is 13.0 Å². The van der Waals surface area contributed by atoms with Gasteiger partial charge in [-0.15, -0.1) is 0 Å². The number of halogens is 1. The van der Waals surface area contributed by atoms with Crippen molar-refractivity contribution in [3.05, 3.63) is 53.1 Å². The quantitative estimate of drug-likeness (QED) is 0.801. The van der Waals surface area contributed by atoms with Crippen LogP contribution in [0.25, 0.3) is 0 Å². The molecule has 0 atom stereocenters. The molecule has 0 spiro atoms. The van der Waals surface area contributed by atoms with Crippen molar-refractivity contribution in [1.82, 2.24) is 10.2 Å². The van der Waals surface area contributed by atoms with Gasteiger partial charge < -0.3 is 5.11 Å². The number of aromatic nitrogens is 2. The number of aliphatic hydroxyl groups is 1. The highest BCUT2D eigenvalue weighted by atomic mass is 19.1. The summed E-state index contributed by atoms with van der Waals surface area (Å²) in [6, 6.07) is 8.34. The van der Waals surface area contributed by atoms with E-state index in [-0.39, 0.29) is 12.4 Å². The van der Waals surface area contributed by atoms with E-state index in [1.807, 2.05) is 0 Å². The van der Waals surface area contributed by atoms with Crippen molar-refractivity contribution < 1.29 is 9.50 Å². The van der Waals surface area contributed by atoms with Crippen LogP contribution in [-0.4, -0.2) is 15.3 Å². The van der Waals surface area contributed by atoms with Crippen molar-refractivity contribution in [2.75, 3.05) is 0 Å². The average molecular weight is 206 g/mol. The zero-order valence-corrected chi connectivity index (χ0v) is 8.07. The van der Waals surface area contributed by atoms with E-state index < -0.39 is 0 Å². The SMILES string of the molecule is OCc1cc(Cc2ccccc2F)[nH]n1. The summed E-state index contributed by atoms with van der Waals surface area (Å²) in [5.74, 6) is -0.224. The maximum absolute atomic E-state index is 13.3. The molecule has 0 aliphatic carbocycles. The molecule has 0 saturated heterocycles. The number of hydrogen-bond acceptors (Lipinski definition) is 2. The molecule has 3 nitrogen and oxygen atoms in total. The molecule has 1 aromatic carbocycles. The highest BCUT2D eigenvalue weighted by Crippen LogP contribution is 2.12. The Morgan fingerprint density at radius 1 is 1.33 bits per heavy atom. The fraction of sp³-hybridized carbons (Fsp3) is 0.182. The fourth-order valence-corrected chi connectivity index (χ4v) is 1.43. The maximum Gasteiger partial charge on any atom is 0.126 e. The lowest BCUT2D eigenvalue weighted by Crippen LogP contribution is -1.92. The van der Waals surface area contributed by atoms with E-state index in [4.69, 9.17) is 5.11 Å². The van der Waals surface area contributed by atoms with Crippen LogP contribution in [0.2, 0.25) is 0 Å². The molecule has 0 aliphatic rings. The number of hydrogen-bond donors (Lipinski definition) is 2. The molecule has 0 radical (unpaired) electrons. The zero-order chi connectivity index (χ0) is 10.7. The highest BCUT2D eigenvalue weighted by molar-refractivity contribution is 5.23. The van der Waals surface area contributed by atoms with E-state index in [9.17, 15) is 4.39 Å². The van der Waals surface area contributed by atoms with Crippen LogP contribution in [0.3, 0.4) is 0 Å². The Morgan fingerprint density at radius 3 is 2.80 bits per heavy atom. The Kier molecular flexibility index (Phi) is 2.78. The summed E-state index contributed by atoms with van der Waals surface area (Å²) >= 11 is 0. The number of rotatable bonds is 3. The van der Waals surface area contributed by atoms with E-state index in [1.54, 1.807) is 24.3 Å². The van der Waals surface area contributed by atoms with Crippen molar-refractivity contribution in [3.63, 3.8) is 0 Å². The van der Waals surface area contributed by atoms with Gasteiger partial charge in [-0.1, -0.05) is 18.2 Å². The van der Waals surface area contributed by atoms with Gasteiger partial charge in [-0.3, -0.25) is 5.10 Å². The van der Waals surface area contributed by atoms with Gasteiger partial charge in [0.05, 0.1) is 12.3 Å². The number of aromatic amines is 1. The van der Waals surface area contributed by atoms with Crippen molar-refractivity contribution in [1.29, 1.82) is 0 Å². The molecule has 1 heterocycles. The first-order valence-electron chi connectivity index (χ1n) is 4.67. The van der Waals surface area contributed by atoms with Gasteiger partial charge in [-0.2, -0.15) is 5.10 Å². The van der Waals surface area contributed by atoms with Crippen LogP contribution < -0.4 is 0 Å². The molecule has 0 aliphatic heterocycles. The largest absolute Gasteiger partial charge is 0.390 e. The number of aliphatic hydroxyl groups excluding tert-OH is 1. The minimum absolute atomic E-state index is 0.103. The first-order valence-corrected chi connectivity index (χ1v) is 4.67.